The Balaban J connectivity index is 1.29. The number of benzene rings is 4. The number of esters is 3. The van der Waals surface area contributed by atoms with Crippen LogP contribution < -0.4 is 9.47 Å². The van der Waals surface area contributed by atoms with Crippen LogP contribution in [0.25, 0.3) is 21.9 Å². The van der Waals surface area contributed by atoms with E-state index in [4.69, 9.17) is 14.2 Å². The summed E-state index contributed by atoms with van der Waals surface area (Å²) in [6, 6.07) is 25.9. The Hall–Kier alpha value is -4.45. The summed E-state index contributed by atoms with van der Waals surface area (Å²) >= 11 is 0. The second-order valence-electron chi connectivity index (χ2n) is 12.2. The van der Waals surface area contributed by atoms with Crippen molar-refractivity contribution in [2.45, 2.75) is 104 Å². The molecule has 0 aliphatic carbocycles. The predicted octanol–water partition coefficient (Wildman–Crippen LogP) is 10.6. The summed E-state index contributed by atoms with van der Waals surface area (Å²) in [5, 5.41) is 1.85. The summed E-state index contributed by atoms with van der Waals surface area (Å²) in [6.07, 6.45) is 10.1. The predicted molar refractivity (Wildman–Crippen MR) is 188 cm³/mol. The first-order valence-electron chi connectivity index (χ1n) is 17.2. The molecule has 0 saturated carbocycles. The molecule has 4 rings (SSSR count). The maximum atomic E-state index is 12.9. The largest absolute Gasteiger partial charge is 0.462 e. The van der Waals surface area contributed by atoms with E-state index < -0.39 is 5.97 Å². The van der Waals surface area contributed by atoms with Gasteiger partial charge in [-0.1, -0.05) is 108 Å². The van der Waals surface area contributed by atoms with Crippen LogP contribution in [0.2, 0.25) is 0 Å². The van der Waals surface area contributed by atoms with E-state index in [0.29, 0.717) is 23.5 Å². The van der Waals surface area contributed by atoms with Crippen molar-refractivity contribution >= 4 is 28.7 Å². The first-order valence-corrected chi connectivity index (χ1v) is 17.2. The van der Waals surface area contributed by atoms with Gasteiger partial charge in [0.1, 0.15) is 17.6 Å². The first kappa shape index (κ1) is 35.4. The lowest BCUT2D eigenvalue weighted by Crippen LogP contribution is -2.20. The van der Waals surface area contributed by atoms with Gasteiger partial charge in [-0.2, -0.15) is 0 Å². The van der Waals surface area contributed by atoms with Gasteiger partial charge in [-0.25, -0.2) is 4.79 Å². The zero-order valence-corrected chi connectivity index (χ0v) is 28.3. The van der Waals surface area contributed by atoms with Crippen molar-refractivity contribution in [1.29, 1.82) is 0 Å². The van der Waals surface area contributed by atoms with Crippen molar-refractivity contribution in [3.05, 3.63) is 96.1 Å². The molecule has 1 atom stereocenters. The molecule has 0 aromatic heterocycles. The first-order chi connectivity index (χ1) is 22.8. The Morgan fingerprint density at radius 1 is 0.617 bits per heavy atom. The fourth-order valence-electron chi connectivity index (χ4n) is 5.52. The summed E-state index contributed by atoms with van der Waals surface area (Å²) < 4.78 is 16.8. The van der Waals surface area contributed by atoms with E-state index in [1.54, 1.807) is 30.3 Å². The molecule has 0 amide bonds. The topological polar surface area (TPSA) is 78.9 Å². The lowest BCUT2D eigenvalue weighted by molar-refractivity contribution is -0.150. The van der Waals surface area contributed by atoms with Crippen LogP contribution in [0.4, 0.5) is 0 Å². The summed E-state index contributed by atoms with van der Waals surface area (Å²) in [7, 11) is 0. The molecule has 248 valence electrons. The van der Waals surface area contributed by atoms with Crippen molar-refractivity contribution < 1.29 is 28.6 Å². The molecular weight excluding hydrogens is 588 g/mol. The summed E-state index contributed by atoms with van der Waals surface area (Å²) in [6.45, 7) is 8.10. The van der Waals surface area contributed by atoms with Crippen LogP contribution in [0.1, 0.15) is 114 Å². The Morgan fingerprint density at radius 2 is 1.19 bits per heavy atom. The Kier molecular flexibility index (Phi) is 13.6. The molecule has 0 radical (unpaired) electrons. The fourth-order valence-corrected chi connectivity index (χ4v) is 5.52. The average molecular weight is 637 g/mol. The molecule has 0 saturated heterocycles. The highest BCUT2D eigenvalue weighted by atomic mass is 16.5. The minimum Gasteiger partial charge on any atom is -0.462 e. The van der Waals surface area contributed by atoms with Gasteiger partial charge < -0.3 is 14.2 Å². The second-order valence-corrected chi connectivity index (χ2v) is 12.2. The van der Waals surface area contributed by atoms with E-state index in [1.165, 1.54) is 32.1 Å². The molecule has 0 bridgehead atoms. The van der Waals surface area contributed by atoms with E-state index in [2.05, 4.69) is 6.92 Å². The third kappa shape index (κ3) is 10.5. The molecule has 0 spiro atoms. The Morgan fingerprint density at radius 3 is 1.85 bits per heavy atom. The lowest BCUT2D eigenvalue weighted by Gasteiger charge is -2.18. The summed E-state index contributed by atoms with van der Waals surface area (Å²) in [4.78, 5) is 37.8. The van der Waals surface area contributed by atoms with Gasteiger partial charge in [0.2, 0.25) is 0 Å². The number of rotatable bonds is 17. The summed E-state index contributed by atoms with van der Waals surface area (Å²) in [5.41, 5.74) is 3.20. The standard InChI is InChI=1S/C41H48O6/c1-5-8-9-10-11-12-13-14-39(42)45-37-24-21-31(22-25-37)30-15-17-32(18-16-30)41(44)47-38-26-23-34-27-33(19-20-35(34)28-38)29(4)40(43)46-36(6-2)7-3/h15-29,36H,5-14H2,1-4H3/t29-/m0/s1. The Bertz CT molecular complexity index is 1600. The lowest BCUT2D eigenvalue weighted by atomic mass is 9.97. The minimum atomic E-state index is -0.450. The van der Waals surface area contributed by atoms with Gasteiger partial charge in [0.15, 0.2) is 0 Å². The van der Waals surface area contributed by atoms with Gasteiger partial charge in [0, 0.05) is 6.42 Å². The van der Waals surface area contributed by atoms with Crippen LogP contribution in [-0.4, -0.2) is 24.0 Å². The SMILES string of the molecule is CCCCCCCCCC(=O)Oc1ccc(-c2ccc(C(=O)Oc3ccc4cc([C@H](C)C(=O)OC(CC)CC)ccc4c3)cc2)cc1. The van der Waals surface area contributed by atoms with Gasteiger partial charge in [-0.15, -0.1) is 0 Å². The molecule has 0 aliphatic heterocycles. The van der Waals surface area contributed by atoms with Crippen molar-refractivity contribution in [3.63, 3.8) is 0 Å². The molecular formula is C41H48O6. The zero-order chi connectivity index (χ0) is 33.6. The van der Waals surface area contributed by atoms with Gasteiger partial charge in [-0.05, 0) is 90.0 Å². The highest BCUT2D eigenvalue weighted by Gasteiger charge is 2.20. The molecule has 0 heterocycles. The maximum absolute atomic E-state index is 12.9. The Labute approximate surface area is 279 Å². The maximum Gasteiger partial charge on any atom is 0.343 e. The molecule has 6 heteroatoms. The summed E-state index contributed by atoms with van der Waals surface area (Å²) in [5.74, 6) is -0.273. The van der Waals surface area contributed by atoms with Crippen LogP contribution in [0.5, 0.6) is 11.5 Å². The number of fused-ring (bicyclic) bond motifs is 1. The molecule has 0 unspecified atom stereocenters. The fraction of sp³-hybridized carbons (Fsp3) is 0.390. The number of hydrogen-bond donors (Lipinski definition) is 0. The molecule has 0 N–H and O–H groups in total. The van der Waals surface area contributed by atoms with Gasteiger partial charge in [0.05, 0.1) is 11.5 Å². The number of carbonyl (C=O) groups excluding carboxylic acids is 3. The molecule has 0 fully saturated rings. The van der Waals surface area contributed by atoms with Crippen LogP contribution in [-0.2, 0) is 14.3 Å². The number of carbonyl (C=O) groups is 3. The van der Waals surface area contributed by atoms with E-state index in [1.807, 2.05) is 75.4 Å². The van der Waals surface area contributed by atoms with Crippen molar-refractivity contribution in [1.82, 2.24) is 0 Å². The molecule has 4 aromatic rings. The van der Waals surface area contributed by atoms with Crippen LogP contribution in [0.3, 0.4) is 0 Å². The van der Waals surface area contributed by atoms with Gasteiger partial charge in [-0.3, -0.25) is 9.59 Å². The smallest absolute Gasteiger partial charge is 0.343 e. The molecule has 47 heavy (non-hydrogen) atoms. The highest BCUT2D eigenvalue weighted by Crippen LogP contribution is 2.28. The van der Waals surface area contributed by atoms with Crippen LogP contribution >= 0.6 is 0 Å². The molecule has 4 aromatic carbocycles. The minimum absolute atomic E-state index is 0.0624. The number of unbranched alkanes of at least 4 members (excludes halogenated alkanes) is 6. The van der Waals surface area contributed by atoms with Crippen LogP contribution in [0.15, 0.2) is 84.9 Å². The second kappa shape index (κ2) is 18.0. The van der Waals surface area contributed by atoms with Gasteiger partial charge >= 0.3 is 17.9 Å². The van der Waals surface area contributed by atoms with Crippen molar-refractivity contribution in [2.75, 3.05) is 0 Å². The van der Waals surface area contributed by atoms with Crippen molar-refractivity contribution in [3.8, 4) is 22.6 Å². The third-order valence-corrected chi connectivity index (χ3v) is 8.62. The number of hydrogen-bond acceptors (Lipinski definition) is 6. The average Bonchev–Trinajstić information content (AvgIpc) is 3.10. The van der Waals surface area contributed by atoms with Crippen molar-refractivity contribution in [2.24, 2.45) is 0 Å². The van der Waals surface area contributed by atoms with E-state index >= 15 is 0 Å². The molecule has 6 nitrogen and oxygen atoms in total. The van der Waals surface area contributed by atoms with Gasteiger partial charge in [0.25, 0.3) is 0 Å². The number of ether oxygens (including phenoxy) is 3. The van der Waals surface area contributed by atoms with E-state index in [9.17, 15) is 14.4 Å². The monoisotopic (exact) mass is 636 g/mol. The molecule has 0 aliphatic rings. The van der Waals surface area contributed by atoms with E-state index in [-0.39, 0.29) is 24.0 Å². The quantitative estimate of drug-likeness (QED) is 0.0652. The van der Waals surface area contributed by atoms with Crippen LogP contribution in [0, 0.1) is 0 Å². The normalized spacial score (nSPS) is 11.8. The highest BCUT2D eigenvalue weighted by molar-refractivity contribution is 5.93. The third-order valence-electron chi connectivity index (χ3n) is 8.62. The zero-order valence-electron chi connectivity index (χ0n) is 28.3. The van der Waals surface area contributed by atoms with E-state index in [0.717, 1.165) is 53.1 Å².